The number of nitrogens with zero attached hydrogens (tertiary/aromatic N) is 1. The number of ether oxygens (including phenoxy) is 4. The van der Waals surface area contributed by atoms with Crippen LogP contribution in [0.25, 0.3) is 0 Å². The molecule has 0 aliphatic carbocycles. The van der Waals surface area contributed by atoms with Crippen molar-refractivity contribution < 1.29 is 24.1 Å². The molecule has 0 fully saturated rings. The van der Waals surface area contributed by atoms with Crippen molar-refractivity contribution in [2.75, 3.05) is 47.6 Å². The van der Waals surface area contributed by atoms with Crippen LogP contribution in [0, 0.1) is 0 Å². The van der Waals surface area contributed by atoms with Gasteiger partial charge in [-0.2, -0.15) is 0 Å². The number of rotatable bonds is 12. The van der Waals surface area contributed by atoms with E-state index in [1.165, 1.54) is 0 Å². The van der Waals surface area contributed by atoms with E-state index in [4.69, 9.17) is 18.9 Å². The molecule has 2 rings (SSSR count). The average molecular weight is 375 g/mol. The fourth-order valence-corrected chi connectivity index (χ4v) is 2.70. The van der Waals surface area contributed by atoms with Crippen molar-refractivity contribution in [1.29, 1.82) is 0 Å². The van der Waals surface area contributed by atoms with Gasteiger partial charge in [0.15, 0.2) is 0 Å². The monoisotopic (exact) mass is 375 g/mol. The molecule has 0 saturated heterocycles. The first-order valence-electron chi connectivity index (χ1n) is 8.93. The van der Waals surface area contributed by atoms with Gasteiger partial charge < -0.3 is 24.1 Å². The zero-order chi connectivity index (χ0) is 19.5. The van der Waals surface area contributed by atoms with Gasteiger partial charge in [0, 0.05) is 26.7 Å². The summed E-state index contributed by atoms with van der Waals surface area (Å²) >= 11 is 0. The Bertz CT molecular complexity index is 662. The lowest BCUT2D eigenvalue weighted by atomic mass is 10.2. The van der Waals surface area contributed by atoms with Gasteiger partial charge in [-0.05, 0) is 42.0 Å². The molecule has 0 spiro atoms. The van der Waals surface area contributed by atoms with E-state index in [-0.39, 0.29) is 6.61 Å². The summed E-state index contributed by atoms with van der Waals surface area (Å²) in [4.78, 5) is 2.14. The minimum atomic E-state index is -0.616. The zero-order valence-electron chi connectivity index (χ0n) is 16.3. The Morgan fingerprint density at radius 2 is 1.63 bits per heavy atom. The Morgan fingerprint density at radius 3 is 2.30 bits per heavy atom. The van der Waals surface area contributed by atoms with Crippen LogP contribution in [0.2, 0.25) is 0 Å². The fraction of sp³-hybridized carbons (Fsp3) is 0.429. The van der Waals surface area contributed by atoms with E-state index in [0.29, 0.717) is 32.0 Å². The van der Waals surface area contributed by atoms with E-state index in [9.17, 15) is 5.11 Å². The lowest BCUT2D eigenvalue weighted by Gasteiger charge is -2.25. The summed E-state index contributed by atoms with van der Waals surface area (Å²) in [7, 11) is 4.95. The summed E-state index contributed by atoms with van der Waals surface area (Å²) in [5, 5.41) is 10.4. The van der Waals surface area contributed by atoms with Gasteiger partial charge in [0.05, 0.1) is 20.8 Å². The third-order valence-electron chi connectivity index (χ3n) is 4.12. The molecule has 0 aliphatic heterocycles. The largest absolute Gasteiger partial charge is 0.497 e. The van der Waals surface area contributed by atoms with E-state index in [1.54, 1.807) is 21.3 Å². The van der Waals surface area contributed by atoms with Crippen LogP contribution in [-0.2, 0) is 11.3 Å². The highest BCUT2D eigenvalue weighted by Gasteiger charge is 2.14. The SMILES string of the molecule is COCCN(Cc1cccc(OC)c1)C[C@H](O)COc1ccc(OC)cc1. The molecule has 0 aliphatic rings. The number of methoxy groups -OCH3 is 3. The van der Waals surface area contributed by atoms with E-state index in [1.807, 2.05) is 48.5 Å². The molecule has 1 atom stereocenters. The summed E-state index contributed by atoms with van der Waals surface area (Å²) < 4.78 is 21.3. The molecule has 2 aromatic rings. The van der Waals surface area contributed by atoms with E-state index >= 15 is 0 Å². The maximum atomic E-state index is 10.4. The Kier molecular flexibility index (Phi) is 8.91. The molecule has 0 heterocycles. The Balaban J connectivity index is 1.88. The highest BCUT2D eigenvalue weighted by atomic mass is 16.5. The van der Waals surface area contributed by atoms with Crippen molar-refractivity contribution in [1.82, 2.24) is 4.90 Å². The van der Waals surface area contributed by atoms with E-state index in [0.717, 1.165) is 17.1 Å². The lowest BCUT2D eigenvalue weighted by Crippen LogP contribution is -2.37. The third-order valence-corrected chi connectivity index (χ3v) is 4.12. The van der Waals surface area contributed by atoms with Crippen LogP contribution in [0.4, 0.5) is 0 Å². The van der Waals surface area contributed by atoms with Gasteiger partial charge in [-0.1, -0.05) is 12.1 Å². The van der Waals surface area contributed by atoms with Crippen LogP contribution in [0.15, 0.2) is 48.5 Å². The predicted octanol–water partition coefficient (Wildman–Crippen LogP) is 2.59. The molecule has 0 saturated carbocycles. The minimum Gasteiger partial charge on any atom is -0.497 e. The van der Waals surface area contributed by atoms with E-state index < -0.39 is 6.10 Å². The average Bonchev–Trinajstić information content (AvgIpc) is 2.71. The molecule has 1 N–H and O–H groups in total. The molecule has 2 aromatic carbocycles. The van der Waals surface area contributed by atoms with Crippen LogP contribution in [0.5, 0.6) is 17.2 Å². The maximum Gasteiger partial charge on any atom is 0.119 e. The first-order valence-corrected chi connectivity index (χ1v) is 8.93. The number of aliphatic hydroxyl groups excluding tert-OH is 1. The number of hydrogen-bond acceptors (Lipinski definition) is 6. The van der Waals surface area contributed by atoms with Crippen LogP contribution < -0.4 is 14.2 Å². The second kappa shape index (κ2) is 11.4. The summed E-state index contributed by atoms with van der Waals surface area (Å²) in [6.07, 6.45) is -0.616. The Morgan fingerprint density at radius 1 is 0.926 bits per heavy atom. The fourth-order valence-electron chi connectivity index (χ4n) is 2.70. The van der Waals surface area contributed by atoms with Gasteiger partial charge in [-0.25, -0.2) is 0 Å². The van der Waals surface area contributed by atoms with Gasteiger partial charge in [0.25, 0.3) is 0 Å². The number of aliphatic hydroxyl groups is 1. The third kappa shape index (κ3) is 7.46. The number of hydrogen-bond donors (Lipinski definition) is 1. The smallest absolute Gasteiger partial charge is 0.119 e. The second-order valence-electron chi connectivity index (χ2n) is 6.22. The van der Waals surface area contributed by atoms with Crippen LogP contribution in [-0.4, -0.2) is 63.7 Å². The molecule has 0 bridgehead atoms. The van der Waals surface area contributed by atoms with Gasteiger partial charge >= 0.3 is 0 Å². The van der Waals surface area contributed by atoms with Gasteiger partial charge in [-0.15, -0.1) is 0 Å². The van der Waals surface area contributed by atoms with Crippen molar-refractivity contribution >= 4 is 0 Å². The van der Waals surface area contributed by atoms with Crippen molar-refractivity contribution in [2.24, 2.45) is 0 Å². The first-order chi connectivity index (χ1) is 13.1. The quantitative estimate of drug-likeness (QED) is 0.615. The molecule has 0 amide bonds. The minimum absolute atomic E-state index is 0.216. The summed E-state index contributed by atoms with van der Waals surface area (Å²) in [6, 6.07) is 15.2. The second-order valence-corrected chi connectivity index (χ2v) is 6.22. The first kappa shape index (κ1) is 21.0. The summed E-state index contributed by atoms with van der Waals surface area (Å²) in [5.41, 5.74) is 1.12. The van der Waals surface area contributed by atoms with Crippen molar-refractivity contribution in [3.8, 4) is 17.2 Å². The molecule has 0 aromatic heterocycles. The maximum absolute atomic E-state index is 10.4. The normalized spacial score (nSPS) is 12.0. The van der Waals surface area contributed by atoms with E-state index in [2.05, 4.69) is 4.90 Å². The molecule has 6 heteroatoms. The lowest BCUT2D eigenvalue weighted by molar-refractivity contribution is 0.0542. The van der Waals surface area contributed by atoms with Crippen molar-refractivity contribution in [3.05, 3.63) is 54.1 Å². The van der Waals surface area contributed by atoms with Crippen LogP contribution in [0.1, 0.15) is 5.56 Å². The van der Waals surface area contributed by atoms with Gasteiger partial charge in [0.1, 0.15) is 30.0 Å². The highest BCUT2D eigenvalue weighted by molar-refractivity contribution is 5.31. The van der Waals surface area contributed by atoms with Gasteiger partial charge in [0.2, 0.25) is 0 Å². The Hall–Kier alpha value is -2.28. The molecule has 148 valence electrons. The van der Waals surface area contributed by atoms with Crippen molar-refractivity contribution in [2.45, 2.75) is 12.6 Å². The molecule has 27 heavy (non-hydrogen) atoms. The Labute approximate surface area is 161 Å². The summed E-state index contributed by atoms with van der Waals surface area (Å²) in [6.45, 7) is 2.70. The van der Waals surface area contributed by atoms with Gasteiger partial charge in [-0.3, -0.25) is 4.90 Å². The van der Waals surface area contributed by atoms with Crippen molar-refractivity contribution in [3.63, 3.8) is 0 Å². The summed E-state index contributed by atoms with van der Waals surface area (Å²) in [5.74, 6) is 2.29. The molecule has 6 nitrogen and oxygen atoms in total. The zero-order valence-corrected chi connectivity index (χ0v) is 16.3. The van der Waals surface area contributed by atoms with Crippen LogP contribution in [0.3, 0.4) is 0 Å². The molecular formula is C21H29NO5. The topological polar surface area (TPSA) is 60.4 Å². The standard InChI is InChI=1S/C21H29NO5/c1-24-12-11-22(14-17-5-4-6-21(13-17)26-3)15-18(23)16-27-20-9-7-19(25-2)8-10-20/h4-10,13,18,23H,11-12,14-16H2,1-3H3/t18-/m0/s1. The highest BCUT2D eigenvalue weighted by Crippen LogP contribution is 2.18. The molecular weight excluding hydrogens is 346 g/mol. The predicted molar refractivity (Wildman–Crippen MR) is 105 cm³/mol. The molecule has 0 unspecified atom stereocenters. The number of benzene rings is 2. The molecule has 0 radical (unpaired) electrons. The van der Waals surface area contributed by atoms with Crippen LogP contribution >= 0.6 is 0 Å².